The van der Waals surface area contributed by atoms with Crippen molar-refractivity contribution in [1.82, 2.24) is 9.13 Å². The molecule has 0 aliphatic rings. The molecule has 0 atom stereocenters. The molecule has 0 radical (unpaired) electrons. The number of ketones is 1. The summed E-state index contributed by atoms with van der Waals surface area (Å²) in [4.78, 5) is 48.3. The Balaban J connectivity index is 2.23. The monoisotopic (exact) mass is 459 g/mol. The van der Waals surface area contributed by atoms with Crippen molar-refractivity contribution >= 4 is 27.4 Å². The van der Waals surface area contributed by atoms with Crippen molar-refractivity contribution in [3.05, 3.63) is 56.2 Å². The first kappa shape index (κ1) is 23.9. The van der Waals surface area contributed by atoms with Crippen molar-refractivity contribution < 1.29 is 31.5 Å². The Morgan fingerprint density at radius 3 is 2.26 bits per heavy atom. The van der Waals surface area contributed by atoms with Crippen LogP contribution >= 0.6 is 0 Å². The number of nitrogen functional groups attached to an aromatic ring is 1. The number of nitrogens with two attached hydrogens (primary N) is 1. The number of aromatic nitrogens is 2. The lowest BCUT2D eigenvalue weighted by Gasteiger charge is -2.13. The molecule has 0 aliphatic carbocycles. The largest absolute Gasteiger partial charge is 0.454 e. The number of carbonyl (C=O) groups excluding carboxylic acids is 2. The summed E-state index contributed by atoms with van der Waals surface area (Å²) in [5, 5.41) is 0. The van der Waals surface area contributed by atoms with Crippen LogP contribution in [-0.4, -0.2) is 41.7 Å². The van der Waals surface area contributed by atoms with Crippen LogP contribution in [0.25, 0.3) is 0 Å². The van der Waals surface area contributed by atoms with Gasteiger partial charge in [0.25, 0.3) is 5.56 Å². The summed E-state index contributed by atoms with van der Waals surface area (Å²) in [5.41, 5.74) is 3.44. The molecule has 0 unspecified atom stereocenters. The van der Waals surface area contributed by atoms with Gasteiger partial charge in [-0.2, -0.15) is 8.78 Å². The molecule has 2 rings (SSSR count). The number of nitrogens with zero attached hydrogens (tertiary/aromatic N) is 2. The van der Waals surface area contributed by atoms with Gasteiger partial charge in [0.05, 0.1) is 10.5 Å². The van der Waals surface area contributed by atoms with Crippen molar-refractivity contribution in [3.63, 3.8) is 0 Å². The van der Waals surface area contributed by atoms with Gasteiger partial charge in [0.2, 0.25) is 15.6 Å². The van der Waals surface area contributed by atoms with Gasteiger partial charge in [-0.3, -0.25) is 18.7 Å². The highest BCUT2D eigenvalue weighted by Gasteiger charge is 2.27. The van der Waals surface area contributed by atoms with Gasteiger partial charge in [-0.15, -0.1) is 0 Å². The Morgan fingerprint density at radius 1 is 1.16 bits per heavy atom. The summed E-state index contributed by atoms with van der Waals surface area (Å²) < 4.78 is 54.5. The van der Waals surface area contributed by atoms with E-state index in [4.69, 9.17) is 10.5 Å². The standard InChI is InChI=1S/C18H19F2N3O7S/c1-3-8-23-14(21)13(15(25)22(2)18(23)27)12(24)9-30-16(26)10-4-6-11(7-5-10)31(28,29)17(19)20/h4-7,17H,3,8-9,21H2,1-2H3. The molecule has 1 aromatic carbocycles. The minimum atomic E-state index is -4.83. The second-order valence-corrected chi connectivity index (χ2v) is 8.31. The van der Waals surface area contributed by atoms with Gasteiger partial charge >= 0.3 is 17.4 Å². The van der Waals surface area contributed by atoms with E-state index in [1.165, 1.54) is 7.05 Å². The van der Waals surface area contributed by atoms with Crippen molar-refractivity contribution in [2.24, 2.45) is 7.05 Å². The van der Waals surface area contributed by atoms with E-state index in [1.54, 1.807) is 6.92 Å². The number of sulfone groups is 1. The van der Waals surface area contributed by atoms with Gasteiger partial charge in [0, 0.05) is 13.6 Å². The fourth-order valence-corrected chi connectivity index (χ4v) is 3.38. The topological polar surface area (TPSA) is 148 Å². The number of halogens is 2. The van der Waals surface area contributed by atoms with Crippen molar-refractivity contribution in [1.29, 1.82) is 0 Å². The van der Waals surface area contributed by atoms with E-state index in [2.05, 4.69) is 0 Å². The molecular weight excluding hydrogens is 440 g/mol. The van der Waals surface area contributed by atoms with Crippen LogP contribution in [0.1, 0.15) is 34.1 Å². The lowest BCUT2D eigenvalue weighted by atomic mass is 10.2. The van der Waals surface area contributed by atoms with E-state index in [0.717, 1.165) is 28.8 Å². The lowest BCUT2D eigenvalue weighted by Crippen LogP contribution is -2.43. The Labute approximate surface area is 174 Å². The predicted molar refractivity (Wildman–Crippen MR) is 105 cm³/mol. The number of esters is 1. The molecule has 0 aliphatic heterocycles. The van der Waals surface area contributed by atoms with Crippen molar-refractivity contribution in [3.8, 4) is 0 Å². The third kappa shape index (κ3) is 4.71. The summed E-state index contributed by atoms with van der Waals surface area (Å²) in [5.74, 6) is -5.98. The van der Waals surface area contributed by atoms with E-state index in [0.29, 0.717) is 11.0 Å². The Kier molecular flexibility index (Phi) is 7.10. The molecule has 13 heteroatoms. The highest BCUT2D eigenvalue weighted by atomic mass is 32.2. The number of Topliss-reactive ketones (excluding diaryl/α,β-unsaturated/α-hetero) is 1. The molecule has 168 valence electrons. The molecule has 0 fully saturated rings. The first-order valence-electron chi connectivity index (χ1n) is 8.85. The van der Waals surface area contributed by atoms with Crippen LogP contribution in [0.5, 0.6) is 0 Å². The molecule has 0 amide bonds. The van der Waals surface area contributed by atoms with Crippen LogP contribution in [0.4, 0.5) is 14.6 Å². The highest BCUT2D eigenvalue weighted by Crippen LogP contribution is 2.19. The number of ether oxygens (including phenoxy) is 1. The van der Waals surface area contributed by atoms with Crippen LogP contribution in [0.3, 0.4) is 0 Å². The Bertz CT molecular complexity index is 1230. The first-order valence-corrected chi connectivity index (χ1v) is 10.4. The fraction of sp³-hybridized carbons (Fsp3) is 0.333. The minimum absolute atomic E-state index is 0.159. The number of hydrogen-bond donors (Lipinski definition) is 1. The molecule has 0 spiro atoms. The van der Waals surface area contributed by atoms with Gasteiger partial charge < -0.3 is 10.5 Å². The van der Waals surface area contributed by atoms with Crippen LogP contribution in [0.2, 0.25) is 0 Å². The van der Waals surface area contributed by atoms with E-state index in [-0.39, 0.29) is 17.9 Å². The smallest absolute Gasteiger partial charge is 0.341 e. The van der Waals surface area contributed by atoms with E-state index < -0.39 is 55.7 Å². The maximum atomic E-state index is 12.5. The molecule has 10 nitrogen and oxygen atoms in total. The zero-order valence-corrected chi connectivity index (χ0v) is 17.3. The maximum absolute atomic E-state index is 12.5. The summed E-state index contributed by atoms with van der Waals surface area (Å²) in [6, 6.07) is 3.48. The summed E-state index contributed by atoms with van der Waals surface area (Å²) in [7, 11) is -3.65. The molecule has 0 saturated carbocycles. The van der Waals surface area contributed by atoms with Gasteiger partial charge in [-0.25, -0.2) is 18.0 Å². The second kappa shape index (κ2) is 9.20. The van der Waals surface area contributed by atoms with Crippen LogP contribution in [0, 0.1) is 0 Å². The third-order valence-electron chi connectivity index (χ3n) is 4.30. The fourth-order valence-electron chi connectivity index (χ4n) is 2.66. The number of anilines is 1. The molecule has 2 aromatic rings. The molecule has 0 bridgehead atoms. The first-order chi connectivity index (χ1) is 14.4. The second-order valence-electron chi connectivity index (χ2n) is 6.39. The molecule has 1 heterocycles. The maximum Gasteiger partial charge on any atom is 0.341 e. The average Bonchev–Trinajstić information content (AvgIpc) is 2.73. The van der Waals surface area contributed by atoms with Crippen LogP contribution < -0.4 is 17.0 Å². The number of benzene rings is 1. The van der Waals surface area contributed by atoms with Crippen molar-refractivity contribution in [2.45, 2.75) is 30.5 Å². The average molecular weight is 459 g/mol. The van der Waals surface area contributed by atoms with E-state index in [9.17, 15) is 36.4 Å². The Morgan fingerprint density at radius 2 is 1.74 bits per heavy atom. The molecule has 31 heavy (non-hydrogen) atoms. The zero-order chi connectivity index (χ0) is 23.5. The zero-order valence-electron chi connectivity index (χ0n) is 16.5. The van der Waals surface area contributed by atoms with Crippen molar-refractivity contribution in [2.75, 3.05) is 12.3 Å². The highest BCUT2D eigenvalue weighted by molar-refractivity contribution is 7.91. The summed E-state index contributed by atoms with van der Waals surface area (Å²) in [6.07, 6.45) is 0.502. The van der Waals surface area contributed by atoms with Crippen LogP contribution in [0.15, 0.2) is 38.8 Å². The number of rotatable bonds is 8. The molecule has 0 saturated heterocycles. The third-order valence-corrected chi connectivity index (χ3v) is 5.70. The number of carbonyl (C=O) groups is 2. The summed E-state index contributed by atoms with van der Waals surface area (Å²) >= 11 is 0. The quantitative estimate of drug-likeness (QED) is 0.445. The van der Waals surface area contributed by atoms with Gasteiger partial charge in [-0.05, 0) is 30.7 Å². The van der Waals surface area contributed by atoms with E-state index in [1.807, 2.05) is 0 Å². The summed E-state index contributed by atoms with van der Waals surface area (Å²) in [6.45, 7) is 1.03. The normalized spacial score (nSPS) is 11.5. The minimum Gasteiger partial charge on any atom is -0.454 e. The van der Waals surface area contributed by atoms with E-state index >= 15 is 0 Å². The number of alkyl halides is 2. The molecule has 1 aromatic heterocycles. The predicted octanol–water partition coefficient (Wildman–Crippen LogP) is 0.575. The molecule has 2 N–H and O–H groups in total. The van der Waals surface area contributed by atoms with Gasteiger partial charge in [0.1, 0.15) is 11.4 Å². The van der Waals surface area contributed by atoms with Crippen LogP contribution in [-0.2, 0) is 28.2 Å². The lowest BCUT2D eigenvalue weighted by molar-refractivity contribution is 0.0474. The van der Waals surface area contributed by atoms with Gasteiger partial charge in [0.15, 0.2) is 6.61 Å². The SMILES string of the molecule is CCCn1c(N)c(C(=O)COC(=O)c2ccc(S(=O)(=O)C(F)F)cc2)c(=O)n(C)c1=O. The number of hydrogen-bond acceptors (Lipinski definition) is 8. The van der Waals surface area contributed by atoms with Gasteiger partial charge in [-0.1, -0.05) is 6.92 Å². The Hall–Kier alpha value is -3.35. The molecular formula is C18H19F2N3O7S.